The normalized spacial score (nSPS) is 11.7. The number of hydrogen-bond acceptors (Lipinski definition) is 8. The van der Waals surface area contributed by atoms with Crippen LogP contribution in [-0.2, 0) is 4.74 Å². The van der Waals surface area contributed by atoms with Gasteiger partial charge in [0.05, 0.1) is 22.5 Å². The Kier molecular flexibility index (Phi) is 5.64. The van der Waals surface area contributed by atoms with Gasteiger partial charge in [-0.05, 0) is 24.6 Å². The summed E-state index contributed by atoms with van der Waals surface area (Å²) in [6.45, 7) is 1.65. The number of furan rings is 1. The minimum atomic E-state index is -0.544. The number of H-pyrrole nitrogens is 1. The number of carbonyl (C=O) groups excluding carboxylic acids is 1. The zero-order chi connectivity index (χ0) is 23.0. The van der Waals surface area contributed by atoms with Crippen molar-refractivity contribution in [2.24, 2.45) is 0 Å². The third-order valence-electron chi connectivity index (χ3n) is 4.63. The van der Waals surface area contributed by atoms with E-state index in [9.17, 15) is 19.7 Å². The number of hydrogen-bond donors (Lipinski definition) is 1. The smallest absolute Gasteiger partial charge is 0.348 e. The van der Waals surface area contributed by atoms with Crippen molar-refractivity contribution in [1.29, 1.82) is 0 Å². The van der Waals surface area contributed by atoms with Gasteiger partial charge in [-0.2, -0.15) is 0 Å². The van der Waals surface area contributed by atoms with Gasteiger partial charge in [0.2, 0.25) is 0 Å². The van der Waals surface area contributed by atoms with Crippen LogP contribution in [0.5, 0.6) is 0 Å². The van der Waals surface area contributed by atoms with Gasteiger partial charge < -0.3 is 14.1 Å². The zero-order valence-corrected chi connectivity index (χ0v) is 18.2. The lowest BCUT2D eigenvalue weighted by Gasteiger charge is -2.00. The first-order chi connectivity index (χ1) is 15.3. The lowest BCUT2D eigenvalue weighted by molar-refractivity contribution is -0.384. The molecule has 1 N–H and O–H groups in total. The molecule has 4 aromatic rings. The average molecular weight is 472 g/mol. The van der Waals surface area contributed by atoms with Gasteiger partial charge in [-0.15, -0.1) is 11.3 Å². The number of aryl methyl sites for hydroxylation is 1. The predicted octanol–water partition coefficient (Wildman–Crippen LogP) is 4.98. The molecule has 3 aromatic heterocycles. The van der Waals surface area contributed by atoms with Gasteiger partial charge in [0, 0.05) is 23.8 Å². The number of aromatic nitrogens is 2. The first kappa shape index (κ1) is 21.5. The maximum absolute atomic E-state index is 12.6. The number of benzene rings is 1. The Morgan fingerprint density at radius 2 is 2.12 bits per heavy atom. The van der Waals surface area contributed by atoms with E-state index in [0.29, 0.717) is 37.7 Å². The molecule has 0 aliphatic carbocycles. The highest BCUT2D eigenvalue weighted by Gasteiger charge is 2.20. The lowest BCUT2D eigenvalue weighted by Crippen LogP contribution is -2.10. The van der Waals surface area contributed by atoms with E-state index in [1.54, 1.807) is 31.2 Å². The topological polar surface area (TPSA) is 128 Å². The van der Waals surface area contributed by atoms with Crippen LogP contribution in [0.15, 0.2) is 45.6 Å². The summed E-state index contributed by atoms with van der Waals surface area (Å²) >= 11 is 7.41. The predicted molar refractivity (Wildman–Crippen MR) is 121 cm³/mol. The van der Waals surface area contributed by atoms with Crippen LogP contribution in [0.4, 0.5) is 5.69 Å². The molecule has 0 aliphatic heterocycles. The number of rotatable bonds is 5. The van der Waals surface area contributed by atoms with Gasteiger partial charge in [-0.25, -0.2) is 9.78 Å². The Bertz CT molecular complexity index is 1470. The first-order valence-electron chi connectivity index (χ1n) is 9.12. The number of aromatic amines is 1. The Morgan fingerprint density at radius 1 is 1.34 bits per heavy atom. The zero-order valence-electron chi connectivity index (χ0n) is 16.7. The molecule has 0 saturated carbocycles. The van der Waals surface area contributed by atoms with Crippen LogP contribution in [0.2, 0.25) is 0 Å². The number of nitrogens with zero attached hydrogens (tertiary/aromatic N) is 2. The summed E-state index contributed by atoms with van der Waals surface area (Å²) in [4.78, 5) is 42.6. The number of nitro benzene ring substituents is 1. The lowest BCUT2D eigenvalue weighted by atomic mass is 10.1. The molecule has 0 saturated heterocycles. The second kappa shape index (κ2) is 8.40. The van der Waals surface area contributed by atoms with E-state index < -0.39 is 16.5 Å². The molecule has 0 radical (unpaired) electrons. The van der Waals surface area contributed by atoms with E-state index in [1.165, 1.54) is 25.3 Å². The fourth-order valence-electron chi connectivity index (χ4n) is 3.10. The molecule has 0 unspecified atom stereocenters. The van der Waals surface area contributed by atoms with Gasteiger partial charge in [-0.1, -0.05) is 23.7 Å². The second-order valence-electron chi connectivity index (χ2n) is 6.64. The number of nitrogens with one attached hydrogen (secondary N) is 1. The monoisotopic (exact) mass is 471 g/mol. The molecule has 32 heavy (non-hydrogen) atoms. The third-order valence-corrected chi connectivity index (χ3v) is 6.09. The van der Waals surface area contributed by atoms with Crippen molar-refractivity contribution in [3.05, 3.63) is 78.9 Å². The van der Waals surface area contributed by atoms with E-state index in [0.717, 1.165) is 11.3 Å². The van der Waals surface area contributed by atoms with Crippen molar-refractivity contribution in [2.75, 3.05) is 7.11 Å². The number of methoxy groups -OCH3 is 1. The third kappa shape index (κ3) is 3.93. The van der Waals surface area contributed by atoms with Gasteiger partial charge in [-0.3, -0.25) is 14.9 Å². The maximum atomic E-state index is 12.6. The summed E-state index contributed by atoms with van der Waals surface area (Å²) in [7, 11) is 1.26. The summed E-state index contributed by atoms with van der Waals surface area (Å²) in [5.41, 5.74) is 0.538. The van der Waals surface area contributed by atoms with Crippen molar-refractivity contribution < 1.29 is 18.9 Å². The van der Waals surface area contributed by atoms with Gasteiger partial charge in [0.1, 0.15) is 21.2 Å². The highest BCUT2D eigenvalue weighted by molar-refractivity contribution is 7.20. The molecular formula is C21H14ClN3O6S. The van der Waals surface area contributed by atoms with E-state index in [-0.39, 0.29) is 16.5 Å². The summed E-state index contributed by atoms with van der Waals surface area (Å²) in [6, 6.07) is 9.33. The van der Waals surface area contributed by atoms with Crippen molar-refractivity contribution in [1.82, 2.24) is 9.97 Å². The summed E-state index contributed by atoms with van der Waals surface area (Å²) in [6.07, 6.45) is 1.47. The Morgan fingerprint density at radius 3 is 2.84 bits per heavy atom. The average Bonchev–Trinajstić information content (AvgIpc) is 3.38. The van der Waals surface area contributed by atoms with E-state index in [2.05, 4.69) is 9.97 Å². The highest BCUT2D eigenvalue weighted by atomic mass is 35.5. The largest absolute Gasteiger partial charge is 0.465 e. The molecule has 0 fully saturated rings. The Balaban J connectivity index is 1.69. The van der Waals surface area contributed by atoms with E-state index in [1.807, 2.05) is 0 Å². The van der Waals surface area contributed by atoms with Crippen LogP contribution in [0.1, 0.15) is 26.8 Å². The minimum absolute atomic E-state index is 0.0540. The van der Waals surface area contributed by atoms with Gasteiger partial charge in [0.15, 0.2) is 5.82 Å². The van der Waals surface area contributed by atoms with E-state index >= 15 is 0 Å². The number of non-ortho nitro benzene ring substituents is 1. The van der Waals surface area contributed by atoms with Crippen molar-refractivity contribution in [2.45, 2.75) is 6.92 Å². The van der Waals surface area contributed by atoms with Gasteiger partial charge >= 0.3 is 5.97 Å². The molecule has 3 heterocycles. The number of thiophene rings is 1. The number of nitro groups is 1. The molecule has 162 valence electrons. The number of halogens is 1. The number of esters is 1. The second-order valence-corrected chi connectivity index (χ2v) is 8.05. The van der Waals surface area contributed by atoms with Gasteiger partial charge in [0.25, 0.3) is 11.2 Å². The number of ether oxygens (including phenoxy) is 1. The molecule has 11 heteroatoms. The van der Waals surface area contributed by atoms with Crippen molar-refractivity contribution in [3.8, 4) is 11.3 Å². The molecule has 0 spiro atoms. The van der Waals surface area contributed by atoms with Crippen LogP contribution in [0.25, 0.3) is 32.6 Å². The molecule has 0 atom stereocenters. The molecule has 0 bridgehead atoms. The summed E-state index contributed by atoms with van der Waals surface area (Å²) < 4.78 is 10.5. The van der Waals surface area contributed by atoms with Crippen LogP contribution in [0, 0.1) is 17.0 Å². The Hall–Kier alpha value is -3.76. The SMILES string of the molecule is COC(=O)c1sc2nc(/C(Cl)=C/c3ccc(-c4cccc([N+](=O)[O-])c4)o3)[nH]c(=O)c2c1C. The molecule has 0 aliphatic rings. The van der Waals surface area contributed by atoms with Crippen molar-refractivity contribution in [3.63, 3.8) is 0 Å². The van der Waals surface area contributed by atoms with Crippen LogP contribution in [-0.4, -0.2) is 28.0 Å². The quantitative estimate of drug-likeness (QED) is 0.247. The van der Waals surface area contributed by atoms with Crippen LogP contribution in [0.3, 0.4) is 0 Å². The summed E-state index contributed by atoms with van der Waals surface area (Å²) in [5.74, 6) is 0.335. The van der Waals surface area contributed by atoms with Crippen LogP contribution < -0.4 is 5.56 Å². The number of fused-ring (bicyclic) bond motifs is 1. The fourth-order valence-corrected chi connectivity index (χ4v) is 4.39. The fraction of sp³-hybridized carbons (Fsp3) is 0.0952. The maximum Gasteiger partial charge on any atom is 0.348 e. The molecule has 0 amide bonds. The molecule has 1 aromatic carbocycles. The molecule has 9 nitrogen and oxygen atoms in total. The number of carbonyl (C=O) groups is 1. The standard InChI is InChI=1S/C21H14ClN3O6S/c1-10-16-19(26)23-18(24-20(16)32-17(10)21(27)30-2)14(22)9-13-6-7-15(31-13)11-4-3-5-12(8-11)25(28)29/h3-9H,1-2H3,(H,23,24,26)/b14-9-. The molecular weight excluding hydrogens is 458 g/mol. The summed E-state index contributed by atoms with van der Waals surface area (Å²) in [5, 5.41) is 11.4. The Labute approximate surface area is 189 Å². The highest BCUT2D eigenvalue weighted by Crippen LogP contribution is 2.30. The van der Waals surface area contributed by atoms with Crippen molar-refractivity contribution >= 4 is 55.9 Å². The van der Waals surface area contributed by atoms with Crippen LogP contribution >= 0.6 is 22.9 Å². The first-order valence-corrected chi connectivity index (χ1v) is 10.3. The minimum Gasteiger partial charge on any atom is -0.465 e. The molecule has 4 rings (SSSR count). The van der Waals surface area contributed by atoms with E-state index in [4.69, 9.17) is 20.8 Å².